The fourth-order valence-corrected chi connectivity index (χ4v) is 6.12. The van der Waals surface area contributed by atoms with Gasteiger partial charge in [-0.05, 0) is 43.2 Å². The lowest BCUT2D eigenvalue weighted by Crippen LogP contribution is -2.46. The lowest BCUT2D eigenvalue weighted by Gasteiger charge is -2.26. The molecule has 1 aliphatic heterocycles. The van der Waals surface area contributed by atoms with Crippen LogP contribution in [0.3, 0.4) is 0 Å². The van der Waals surface area contributed by atoms with Crippen molar-refractivity contribution >= 4 is 33.0 Å². The summed E-state index contributed by atoms with van der Waals surface area (Å²) in [5.74, 6) is -1.34. The lowest BCUT2D eigenvalue weighted by atomic mass is 10.1. The summed E-state index contributed by atoms with van der Waals surface area (Å²) in [4.78, 5) is 26.2. The predicted molar refractivity (Wildman–Crippen MR) is 109 cm³/mol. The number of thiophene rings is 1. The minimum absolute atomic E-state index is 0.151. The molecule has 1 atom stereocenters. The summed E-state index contributed by atoms with van der Waals surface area (Å²) in [6.07, 6.45) is 2.83. The van der Waals surface area contributed by atoms with Gasteiger partial charge in [0.05, 0.1) is 0 Å². The predicted octanol–water partition coefficient (Wildman–Crippen LogP) is 2.70. The summed E-state index contributed by atoms with van der Waals surface area (Å²) in [6.45, 7) is 2.91. The number of benzene rings is 1. The number of nitrogens with zero attached hydrogens (tertiary/aromatic N) is 1. The summed E-state index contributed by atoms with van der Waals surface area (Å²) in [6, 6.07) is 10.4. The van der Waals surface area contributed by atoms with Crippen molar-refractivity contribution in [2.24, 2.45) is 0 Å². The largest absolute Gasteiger partial charge is 0.346 e. The van der Waals surface area contributed by atoms with Crippen LogP contribution >= 0.6 is 11.3 Å². The molecule has 0 unspecified atom stereocenters. The minimum atomic E-state index is -3.69. The minimum Gasteiger partial charge on any atom is -0.346 e. The van der Waals surface area contributed by atoms with E-state index in [0.717, 1.165) is 36.2 Å². The second-order valence-corrected chi connectivity index (χ2v) is 10.2. The van der Waals surface area contributed by atoms with E-state index in [2.05, 4.69) is 5.32 Å². The summed E-state index contributed by atoms with van der Waals surface area (Å²) in [5, 5.41) is 3.31. The zero-order valence-electron chi connectivity index (χ0n) is 15.8. The summed E-state index contributed by atoms with van der Waals surface area (Å²) in [5.41, 5.74) is 1.60. The molecule has 0 bridgehead atoms. The van der Waals surface area contributed by atoms with E-state index in [1.807, 2.05) is 19.1 Å². The molecule has 1 fully saturated rings. The molecule has 1 aliphatic rings. The van der Waals surface area contributed by atoms with Crippen molar-refractivity contribution in [3.8, 4) is 0 Å². The highest BCUT2D eigenvalue weighted by Crippen LogP contribution is 2.31. The number of rotatable bonds is 5. The highest BCUT2D eigenvalue weighted by molar-refractivity contribution is 7.93. The smallest absolute Gasteiger partial charge is 0.311 e. The molecular formula is C20H24N2O4S2. The second kappa shape index (κ2) is 8.87. The molecule has 28 heavy (non-hydrogen) atoms. The quantitative estimate of drug-likeness (QED) is 0.754. The SMILES string of the molecule is Cc1ccc([C@H](CNC(=O)C(=O)N2CCCCC2)S(=O)(=O)c2cccs2)cc1. The molecule has 2 heterocycles. The van der Waals surface area contributed by atoms with Gasteiger partial charge in [-0.1, -0.05) is 35.9 Å². The first kappa shape index (κ1) is 20.5. The van der Waals surface area contributed by atoms with Gasteiger partial charge in [0.25, 0.3) is 0 Å². The van der Waals surface area contributed by atoms with Gasteiger partial charge in [0.1, 0.15) is 9.46 Å². The van der Waals surface area contributed by atoms with E-state index in [9.17, 15) is 18.0 Å². The molecule has 0 spiro atoms. The summed E-state index contributed by atoms with van der Waals surface area (Å²) < 4.78 is 26.5. The van der Waals surface area contributed by atoms with Crippen molar-refractivity contribution in [2.45, 2.75) is 35.6 Å². The Balaban J connectivity index is 1.78. The normalized spacial score (nSPS) is 15.8. The van der Waals surface area contributed by atoms with E-state index in [1.165, 1.54) is 4.90 Å². The average Bonchev–Trinajstić information content (AvgIpc) is 3.25. The number of carbonyl (C=O) groups excluding carboxylic acids is 2. The maximum absolute atomic E-state index is 13.1. The summed E-state index contributed by atoms with van der Waals surface area (Å²) in [7, 11) is -3.69. The molecule has 2 amide bonds. The molecule has 0 saturated carbocycles. The Hall–Kier alpha value is -2.19. The van der Waals surface area contributed by atoms with Gasteiger partial charge in [0, 0.05) is 19.6 Å². The zero-order chi connectivity index (χ0) is 20.1. The molecule has 3 rings (SSSR count). The molecular weight excluding hydrogens is 396 g/mol. The van der Waals surface area contributed by atoms with Crippen molar-refractivity contribution in [2.75, 3.05) is 19.6 Å². The molecule has 1 N–H and O–H groups in total. The average molecular weight is 421 g/mol. The van der Waals surface area contributed by atoms with Crippen LogP contribution in [0, 0.1) is 6.92 Å². The molecule has 6 nitrogen and oxygen atoms in total. The standard InChI is InChI=1S/C20H24N2O4S2/c1-15-7-9-16(10-8-15)17(28(25,26)18-6-5-13-27-18)14-21-19(23)20(24)22-11-3-2-4-12-22/h5-10,13,17H,2-4,11-12,14H2,1H3,(H,21,23)/t17-/m0/s1. The summed E-state index contributed by atoms with van der Waals surface area (Å²) >= 11 is 1.14. The van der Waals surface area contributed by atoms with E-state index >= 15 is 0 Å². The van der Waals surface area contributed by atoms with Crippen molar-refractivity contribution < 1.29 is 18.0 Å². The number of carbonyl (C=O) groups is 2. The van der Waals surface area contributed by atoms with Crippen LogP contribution in [0.5, 0.6) is 0 Å². The topological polar surface area (TPSA) is 83.6 Å². The monoisotopic (exact) mass is 420 g/mol. The molecule has 1 aromatic carbocycles. The first-order valence-corrected chi connectivity index (χ1v) is 11.7. The Kier molecular flexibility index (Phi) is 6.51. The second-order valence-electron chi connectivity index (χ2n) is 6.94. The fourth-order valence-electron chi connectivity index (χ4n) is 3.26. The van der Waals surface area contributed by atoms with Gasteiger partial charge < -0.3 is 10.2 Å². The number of piperidine rings is 1. The molecule has 1 aromatic heterocycles. The van der Waals surface area contributed by atoms with Crippen LogP contribution in [0.2, 0.25) is 0 Å². The van der Waals surface area contributed by atoms with E-state index in [-0.39, 0.29) is 10.8 Å². The van der Waals surface area contributed by atoms with Gasteiger partial charge in [0.2, 0.25) is 0 Å². The maximum Gasteiger partial charge on any atom is 0.311 e. The van der Waals surface area contributed by atoms with Crippen LogP contribution in [0.25, 0.3) is 0 Å². The van der Waals surface area contributed by atoms with Gasteiger partial charge in [-0.25, -0.2) is 8.42 Å². The molecule has 0 aliphatic carbocycles. The number of sulfone groups is 1. The van der Waals surface area contributed by atoms with Crippen molar-refractivity contribution in [1.29, 1.82) is 0 Å². The van der Waals surface area contributed by atoms with Gasteiger partial charge >= 0.3 is 11.8 Å². The van der Waals surface area contributed by atoms with E-state index < -0.39 is 26.9 Å². The van der Waals surface area contributed by atoms with Gasteiger partial charge in [-0.2, -0.15) is 0 Å². The lowest BCUT2D eigenvalue weighted by molar-refractivity contribution is -0.146. The number of nitrogens with one attached hydrogen (secondary N) is 1. The van der Waals surface area contributed by atoms with Crippen LogP contribution in [0.15, 0.2) is 46.0 Å². The van der Waals surface area contributed by atoms with Crippen LogP contribution in [0.1, 0.15) is 35.6 Å². The Morgan fingerprint density at radius 3 is 2.39 bits per heavy atom. The van der Waals surface area contributed by atoms with Crippen molar-refractivity contribution in [1.82, 2.24) is 10.2 Å². The van der Waals surface area contributed by atoms with E-state index in [4.69, 9.17) is 0 Å². The molecule has 8 heteroatoms. The Bertz CT molecular complexity index is 916. The van der Waals surface area contributed by atoms with Crippen LogP contribution < -0.4 is 5.32 Å². The first-order chi connectivity index (χ1) is 13.4. The number of aryl methyl sites for hydroxylation is 1. The molecule has 1 saturated heterocycles. The number of amides is 2. The number of hydrogen-bond acceptors (Lipinski definition) is 5. The van der Waals surface area contributed by atoms with Gasteiger partial charge in [0.15, 0.2) is 9.84 Å². The zero-order valence-corrected chi connectivity index (χ0v) is 17.4. The Labute approximate surface area is 169 Å². The molecule has 2 aromatic rings. The third-order valence-corrected chi connectivity index (χ3v) is 8.42. The fraction of sp³-hybridized carbons (Fsp3) is 0.400. The number of likely N-dealkylation sites (tertiary alicyclic amines) is 1. The van der Waals surface area contributed by atoms with Crippen LogP contribution in [0.4, 0.5) is 0 Å². The third kappa shape index (κ3) is 4.62. The Morgan fingerprint density at radius 1 is 1.11 bits per heavy atom. The van der Waals surface area contributed by atoms with E-state index in [0.29, 0.717) is 18.7 Å². The molecule has 150 valence electrons. The van der Waals surface area contributed by atoms with E-state index in [1.54, 1.807) is 29.6 Å². The van der Waals surface area contributed by atoms with Crippen LogP contribution in [-0.2, 0) is 19.4 Å². The van der Waals surface area contributed by atoms with Crippen LogP contribution in [-0.4, -0.2) is 44.8 Å². The van der Waals surface area contributed by atoms with Crippen molar-refractivity contribution in [3.05, 3.63) is 52.9 Å². The maximum atomic E-state index is 13.1. The van der Waals surface area contributed by atoms with Gasteiger partial charge in [-0.3, -0.25) is 9.59 Å². The highest BCUT2D eigenvalue weighted by atomic mass is 32.2. The van der Waals surface area contributed by atoms with Gasteiger partial charge in [-0.15, -0.1) is 11.3 Å². The van der Waals surface area contributed by atoms with Crippen molar-refractivity contribution in [3.63, 3.8) is 0 Å². The number of hydrogen-bond donors (Lipinski definition) is 1. The highest BCUT2D eigenvalue weighted by Gasteiger charge is 2.32. The first-order valence-electron chi connectivity index (χ1n) is 9.30. The molecule has 0 radical (unpaired) electrons. The third-order valence-electron chi connectivity index (χ3n) is 4.88. The Morgan fingerprint density at radius 2 is 1.79 bits per heavy atom.